The van der Waals surface area contributed by atoms with Crippen molar-refractivity contribution < 1.29 is 14.0 Å². The second kappa shape index (κ2) is 9.37. The van der Waals surface area contributed by atoms with Crippen LogP contribution in [0.25, 0.3) is 0 Å². The first-order chi connectivity index (χ1) is 13.4. The molecule has 0 aliphatic carbocycles. The van der Waals surface area contributed by atoms with E-state index in [0.717, 1.165) is 44.3 Å². The minimum absolute atomic E-state index is 0.0816. The van der Waals surface area contributed by atoms with Crippen molar-refractivity contribution in [3.63, 3.8) is 0 Å². The van der Waals surface area contributed by atoms with Gasteiger partial charge in [-0.05, 0) is 55.8 Å². The van der Waals surface area contributed by atoms with Crippen molar-refractivity contribution in [3.05, 3.63) is 24.0 Å². The minimum atomic E-state index is -0.453. The number of rotatable bonds is 6. The minimum Gasteiger partial charge on any atom is -0.338 e. The number of carbonyl (C=O) groups excluding carboxylic acids is 2. The van der Waals surface area contributed by atoms with Gasteiger partial charge in [-0.3, -0.25) is 4.79 Å². The number of nitrogens with zero attached hydrogens (tertiary/aromatic N) is 2. The maximum Gasteiger partial charge on any atom is 0.319 e. The van der Waals surface area contributed by atoms with Gasteiger partial charge < -0.3 is 20.4 Å². The Labute approximate surface area is 166 Å². The standard InChI is InChI=1S/C21H31FN4O2/c1-15-11-16(2)14-25(13-15)9-4-8-23-21(28)24-17-6-7-18(22)19(12-17)26-10-3-5-20(26)27/h6-7,12,15-16H,3-5,8-11,13-14H2,1-2H3,(H2,23,24,28)/t15-,16-/m0/s1. The van der Waals surface area contributed by atoms with Gasteiger partial charge in [0, 0.05) is 38.3 Å². The Morgan fingerprint density at radius 2 is 2.00 bits per heavy atom. The van der Waals surface area contributed by atoms with Crippen LogP contribution < -0.4 is 15.5 Å². The molecule has 0 unspecified atom stereocenters. The number of nitrogens with one attached hydrogen (secondary N) is 2. The van der Waals surface area contributed by atoms with Crippen LogP contribution in [-0.2, 0) is 4.79 Å². The van der Waals surface area contributed by atoms with E-state index in [2.05, 4.69) is 29.4 Å². The number of carbonyl (C=O) groups is 2. The molecule has 0 bridgehead atoms. The first kappa shape index (κ1) is 20.6. The number of benzene rings is 1. The summed E-state index contributed by atoms with van der Waals surface area (Å²) >= 11 is 0. The second-order valence-corrected chi connectivity index (χ2v) is 8.26. The van der Waals surface area contributed by atoms with E-state index in [9.17, 15) is 14.0 Å². The fraction of sp³-hybridized carbons (Fsp3) is 0.619. The Kier molecular flexibility index (Phi) is 6.88. The molecule has 2 N–H and O–H groups in total. The molecule has 2 saturated heterocycles. The summed E-state index contributed by atoms with van der Waals surface area (Å²) in [5.74, 6) is 0.929. The van der Waals surface area contributed by atoms with Crippen LogP contribution in [0.4, 0.5) is 20.6 Å². The molecule has 3 amide bonds. The first-order valence-electron chi connectivity index (χ1n) is 10.3. The van der Waals surface area contributed by atoms with Gasteiger partial charge in [0.25, 0.3) is 0 Å². The van der Waals surface area contributed by atoms with Gasteiger partial charge in [-0.1, -0.05) is 13.8 Å². The smallest absolute Gasteiger partial charge is 0.319 e. The Hall–Kier alpha value is -2.15. The highest BCUT2D eigenvalue weighted by atomic mass is 19.1. The molecular weight excluding hydrogens is 359 g/mol. The van der Waals surface area contributed by atoms with Crippen molar-refractivity contribution in [2.45, 2.75) is 39.5 Å². The predicted octanol–water partition coefficient (Wildman–Crippen LogP) is 3.44. The predicted molar refractivity (Wildman–Crippen MR) is 109 cm³/mol. The zero-order valence-corrected chi connectivity index (χ0v) is 16.8. The number of amides is 3. The molecule has 0 spiro atoms. The Morgan fingerprint density at radius 3 is 2.68 bits per heavy atom. The molecule has 2 heterocycles. The van der Waals surface area contributed by atoms with Crippen LogP contribution in [0, 0.1) is 17.7 Å². The Balaban J connectivity index is 1.44. The van der Waals surface area contributed by atoms with E-state index in [0.29, 0.717) is 25.2 Å². The number of urea groups is 1. The molecule has 7 heteroatoms. The third-order valence-electron chi connectivity index (χ3n) is 5.45. The summed E-state index contributed by atoms with van der Waals surface area (Å²) in [6, 6.07) is 4.00. The molecule has 1 aromatic rings. The van der Waals surface area contributed by atoms with Crippen LogP contribution in [0.15, 0.2) is 18.2 Å². The molecule has 2 aliphatic rings. The van der Waals surface area contributed by atoms with Crippen LogP contribution in [0.1, 0.15) is 39.5 Å². The number of likely N-dealkylation sites (tertiary alicyclic amines) is 1. The van der Waals surface area contributed by atoms with E-state index in [-0.39, 0.29) is 17.6 Å². The number of hydrogen-bond donors (Lipinski definition) is 2. The van der Waals surface area contributed by atoms with Crippen molar-refractivity contribution in [1.82, 2.24) is 10.2 Å². The molecule has 2 fully saturated rings. The molecule has 28 heavy (non-hydrogen) atoms. The van der Waals surface area contributed by atoms with Crippen LogP contribution in [0.5, 0.6) is 0 Å². The van der Waals surface area contributed by atoms with E-state index < -0.39 is 5.82 Å². The Bertz CT molecular complexity index is 702. The lowest BCUT2D eigenvalue weighted by molar-refractivity contribution is -0.117. The summed E-state index contributed by atoms with van der Waals surface area (Å²) < 4.78 is 14.1. The number of halogens is 1. The lowest BCUT2D eigenvalue weighted by Crippen LogP contribution is -2.40. The van der Waals surface area contributed by atoms with Gasteiger partial charge in [-0.2, -0.15) is 0 Å². The monoisotopic (exact) mass is 390 g/mol. The molecule has 6 nitrogen and oxygen atoms in total. The van der Waals surface area contributed by atoms with Gasteiger partial charge in [-0.25, -0.2) is 9.18 Å². The molecule has 154 valence electrons. The average Bonchev–Trinajstić information content (AvgIpc) is 3.05. The summed E-state index contributed by atoms with van der Waals surface area (Å²) in [5.41, 5.74) is 0.709. The largest absolute Gasteiger partial charge is 0.338 e. The Morgan fingerprint density at radius 1 is 1.25 bits per heavy atom. The summed E-state index contributed by atoms with van der Waals surface area (Å²) in [4.78, 5) is 27.9. The SMILES string of the molecule is C[C@H]1C[C@H](C)CN(CCCNC(=O)Nc2ccc(F)c(N3CCCC3=O)c2)C1. The fourth-order valence-electron chi connectivity index (χ4n) is 4.35. The zero-order valence-electron chi connectivity index (χ0n) is 16.8. The summed E-state index contributed by atoms with van der Waals surface area (Å²) in [6.45, 7) is 8.92. The third kappa shape index (κ3) is 5.44. The second-order valence-electron chi connectivity index (χ2n) is 8.26. The first-order valence-corrected chi connectivity index (χ1v) is 10.3. The molecule has 2 aliphatic heterocycles. The lowest BCUT2D eigenvalue weighted by atomic mass is 9.92. The molecule has 0 aromatic heterocycles. The highest BCUT2D eigenvalue weighted by molar-refractivity contribution is 5.97. The fourth-order valence-corrected chi connectivity index (χ4v) is 4.35. The van der Waals surface area contributed by atoms with Crippen molar-refractivity contribution in [1.29, 1.82) is 0 Å². The van der Waals surface area contributed by atoms with E-state index >= 15 is 0 Å². The van der Waals surface area contributed by atoms with Gasteiger partial charge in [-0.15, -0.1) is 0 Å². The van der Waals surface area contributed by atoms with Crippen LogP contribution in [0.3, 0.4) is 0 Å². The van der Waals surface area contributed by atoms with Crippen LogP contribution >= 0.6 is 0 Å². The molecular formula is C21H31FN4O2. The van der Waals surface area contributed by atoms with E-state index in [4.69, 9.17) is 0 Å². The number of piperidine rings is 1. The average molecular weight is 391 g/mol. The number of hydrogen-bond acceptors (Lipinski definition) is 3. The summed E-state index contributed by atoms with van der Waals surface area (Å²) in [5, 5.41) is 5.59. The van der Waals surface area contributed by atoms with Crippen LogP contribution in [0.2, 0.25) is 0 Å². The lowest BCUT2D eigenvalue weighted by Gasteiger charge is -2.34. The molecule has 0 saturated carbocycles. The van der Waals surface area contributed by atoms with Gasteiger partial charge in [0.15, 0.2) is 0 Å². The van der Waals surface area contributed by atoms with Crippen LogP contribution in [-0.4, -0.2) is 49.6 Å². The topological polar surface area (TPSA) is 64.7 Å². The van der Waals surface area contributed by atoms with E-state index in [1.807, 2.05) is 0 Å². The van der Waals surface area contributed by atoms with Gasteiger partial charge in [0.1, 0.15) is 5.82 Å². The van der Waals surface area contributed by atoms with Gasteiger partial charge in [0.05, 0.1) is 5.69 Å². The molecule has 3 rings (SSSR count). The van der Waals surface area contributed by atoms with E-state index in [1.165, 1.54) is 29.5 Å². The van der Waals surface area contributed by atoms with Crippen molar-refractivity contribution >= 4 is 23.3 Å². The van der Waals surface area contributed by atoms with Gasteiger partial charge in [0.2, 0.25) is 5.91 Å². The maximum absolute atomic E-state index is 14.1. The summed E-state index contributed by atoms with van der Waals surface area (Å²) in [6.07, 6.45) is 3.35. The molecule has 0 radical (unpaired) electrons. The quantitative estimate of drug-likeness (QED) is 0.732. The van der Waals surface area contributed by atoms with Crippen molar-refractivity contribution in [2.24, 2.45) is 11.8 Å². The van der Waals surface area contributed by atoms with Crippen molar-refractivity contribution in [3.8, 4) is 0 Å². The third-order valence-corrected chi connectivity index (χ3v) is 5.45. The normalized spacial score (nSPS) is 23.1. The highest BCUT2D eigenvalue weighted by Crippen LogP contribution is 2.27. The highest BCUT2D eigenvalue weighted by Gasteiger charge is 2.24. The van der Waals surface area contributed by atoms with E-state index in [1.54, 1.807) is 0 Å². The molecule has 1 aromatic carbocycles. The maximum atomic E-state index is 14.1. The number of anilines is 2. The van der Waals surface area contributed by atoms with Crippen molar-refractivity contribution in [2.75, 3.05) is 42.9 Å². The zero-order chi connectivity index (χ0) is 20.1. The molecule has 2 atom stereocenters. The van der Waals surface area contributed by atoms with Gasteiger partial charge >= 0.3 is 6.03 Å². The summed E-state index contributed by atoms with van der Waals surface area (Å²) in [7, 11) is 0.